The molecule has 0 radical (unpaired) electrons. The molecule has 2 aromatic rings. The van der Waals surface area contributed by atoms with Gasteiger partial charge in [-0.3, -0.25) is 0 Å². The predicted octanol–water partition coefficient (Wildman–Crippen LogP) is 2.40. The first kappa shape index (κ1) is 13.5. The minimum absolute atomic E-state index is 0.529. The fraction of sp³-hybridized carbons (Fsp3) is 0.562. The van der Waals surface area contributed by atoms with Crippen molar-refractivity contribution in [3.8, 4) is 5.75 Å². The van der Waals surface area contributed by atoms with E-state index in [9.17, 15) is 0 Å². The summed E-state index contributed by atoms with van der Waals surface area (Å²) in [6.07, 6.45) is 4.67. The number of anilines is 1. The summed E-state index contributed by atoms with van der Waals surface area (Å²) >= 11 is 0. The molecule has 1 saturated carbocycles. The van der Waals surface area contributed by atoms with E-state index in [0.29, 0.717) is 12.0 Å². The van der Waals surface area contributed by atoms with Gasteiger partial charge in [0.05, 0.1) is 13.2 Å². The summed E-state index contributed by atoms with van der Waals surface area (Å²) < 4.78 is 7.34. The van der Waals surface area contributed by atoms with Gasteiger partial charge < -0.3 is 9.64 Å². The maximum atomic E-state index is 5.33. The molecule has 2 aliphatic rings. The van der Waals surface area contributed by atoms with E-state index >= 15 is 0 Å². The number of benzene rings is 1. The van der Waals surface area contributed by atoms with Gasteiger partial charge in [-0.1, -0.05) is 17.2 Å². The van der Waals surface area contributed by atoms with Crippen LogP contribution in [0.25, 0.3) is 0 Å². The van der Waals surface area contributed by atoms with E-state index in [0.717, 1.165) is 37.6 Å². The number of tetrazole rings is 1. The van der Waals surface area contributed by atoms with E-state index < -0.39 is 0 Å². The maximum absolute atomic E-state index is 5.33. The van der Waals surface area contributed by atoms with Crippen molar-refractivity contribution in [1.82, 2.24) is 20.2 Å². The maximum Gasteiger partial charge on any atom is 0.245 e. The Morgan fingerprint density at radius 1 is 1.14 bits per heavy atom. The molecule has 0 unspecified atom stereocenters. The lowest BCUT2D eigenvalue weighted by molar-refractivity contribution is 0.412. The van der Waals surface area contributed by atoms with Crippen molar-refractivity contribution in [2.75, 3.05) is 25.1 Å². The van der Waals surface area contributed by atoms with Crippen molar-refractivity contribution in [3.05, 3.63) is 29.8 Å². The summed E-state index contributed by atoms with van der Waals surface area (Å²) in [6.45, 7) is 2.02. The second-order valence-corrected chi connectivity index (χ2v) is 6.19. The van der Waals surface area contributed by atoms with Crippen LogP contribution in [0.5, 0.6) is 5.75 Å². The highest BCUT2D eigenvalue weighted by atomic mass is 16.5. The van der Waals surface area contributed by atoms with Gasteiger partial charge in [0, 0.05) is 13.1 Å². The predicted molar refractivity (Wildman–Crippen MR) is 83.3 cm³/mol. The molecule has 4 rings (SSSR count). The van der Waals surface area contributed by atoms with E-state index in [1.54, 1.807) is 7.11 Å². The largest absolute Gasteiger partial charge is 0.497 e. The summed E-state index contributed by atoms with van der Waals surface area (Å²) in [5.41, 5.74) is 1.38. The second-order valence-electron chi connectivity index (χ2n) is 6.19. The highest BCUT2D eigenvalue weighted by Crippen LogP contribution is 2.37. The van der Waals surface area contributed by atoms with Crippen LogP contribution < -0.4 is 9.64 Å². The van der Waals surface area contributed by atoms with Crippen LogP contribution >= 0.6 is 0 Å². The van der Waals surface area contributed by atoms with E-state index in [1.807, 2.05) is 10.7 Å². The number of aromatic nitrogens is 4. The number of rotatable bonds is 4. The van der Waals surface area contributed by atoms with Gasteiger partial charge in [0.25, 0.3) is 0 Å². The number of methoxy groups -OCH3 is 1. The number of hydrogen-bond acceptors (Lipinski definition) is 5. The summed E-state index contributed by atoms with van der Waals surface area (Å²) in [5, 5.41) is 12.2. The van der Waals surface area contributed by atoms with E-state index in [2.05, 4.69) is 38.6 Å². The number of hydrogen-bond donors (Lipinski definition) is 0. The van der Waals surface area contributed by atoms with Gasteiger partial charge in [0.15, 0.2) is 0 Å². The highest BCUT2D eigenvalue weighted by molar-refractivity contribution is 5.34. The van der Waals surface area contributed by atoms with Crippen molar-refractivity contribution >= 4 is 5.95 Å². The molecule has 6 heteroatoms. The lowest BCUT2D eigenvalue weighted by atomic mass is 9.89. The average Bonchev–Trinajstić information content (AvgIpc) is 3.32. The molecule has 22 heavy (non-hydrogen) atoms. The lowest BCUT2D eigenvalue weighted by Crippen LogP contribution is -2.35. The topological polar surface area (TPSA) is 56.1 Å². The molecular weight excluding hydrogens is 278 g/mol. The smallest absolute Gasteiger partial charge is 0.245 e. The first-order chi connectivity index (χ1) is 10.8. The molecule has 0 N–H and O–H groups in total. The monoisotopic (exact) mass is 299 g/mol. The first-order valence-corrected chi connectivity index (χ1v) is 8.02. The Hall–Kier alpha value is -2.11. The standard InChI is InChI=1S/C16H21N5O/c1-22-15-4-2-3-13(11-15)12-7-9-20(10-8-12)16-17-18-19-21(16)14-5-6-14/h2-4,11-12,14H,5-10H2,1H3. The Kier molecular flexibility index (Phi) is 3.44. The zero-order chi connectivity index (χ0) is 14.9. The van der Waals surface area contributed by atoms with Gasteiger partial charge in [-0.05, 0) is 59.7 Å². The molecule has 0 bridgehead atoms. The van der Waals surface area contributed by atoms with Crippen molar-refractivity contribution in [2.45, 2.75) is 37.6 Å². The normalized spacial score (nSPS) is 19.4. The molecule has 0 amide bonds. The molecular formula is C16H21N5O. The molecule has 1 aromatic carbocycles. The molecule has 116 valence electrons. The van der Waals surface area contributed by atoms with Crippen LogP contribution in [0.2, 0.25) is 0 Å². The average molecular weight is 299 g/mol. The van der Waals surface area contributed by atoms with E-state index in [4.69, 9.17) is 4.74 Å². The Balaban J connectivity index is 1.44. The third-order valence-corrected chi connectivity index (χ3v) is 4.71. The Bertz CT molecular complexity index is 643. The Morgan fingerprint density at radius 2 is 1.95 bits per heavy atom. The highest BCUT2D eigenvalue weighted by Gasteiger charge is 2.31. The molecule has 1 aliphatic carbocycles. The van der Waals surface area contributed by atoms with Gasteiger partial charge in [-0.15, -0.1) is 0 Å². The van der Waals surface area contributed by atoms with Crippen LogP contribution in [-0.4, -0.2) is 40.4 Å². The molecule has 2 fully saturated rings. The van der Waals surface area contributed by atoms with Gasteiger partial charge >= 0.3 is 0 Å². The Morgan fingerprint density at radius 3 is 2.68 bits per heavy atom. The fourth-order valence-corrected chi connectivity index (χ4v) is 3.26. The number of ether oxygens (including phenoxy) is 1. The zero-order valence-electron chi connectivity index (χ0n) is 12.9. The van der Waals surface area contributed by atoms with Crippen LogP contribution in [0.3, 0.4) is 0 Å². The zero-order valence-corrected chi connectivity index (χ0v) is 12.9. The van der Waals surface area contributed by atoms with Crippen molar-refractivity contribution in [3.63, 3.8) is 0 Å². The molecule has 1 saturated heterocycles. The second kappa shape index (κ2) is 5.59. The summed E-state index contributed by atoms with van der Waals surface area (Å²) in [5.74, 6) is 2.49. The third-order valence-electron chi connectivity index (χ3n) is 4.71. The lowest BCUT2D eigenvalue weighted by Gasteiger charge is -2.32. The SMILES string of the molecule is COc1cccc(C2CCN(c3nnnn3C3CC3)CC2)c1. The van der Waals surface area contributed by atoms with Gasteiger partial charge in [0.2, 0.25) is 5.95 Å². The van der Waals surface area contributed by atoms with E-state index in [1.165, 1.54) is 18.4 Å². The summed E-state index contributed by atoms with van der Waals surface area (Å²) in [6, 6.07) is 8.98. The van der Waals surface area contributed by atoms with Crippen molar-refractivity contribution < 1.29 is 4.74 Å². The Labute approximate surface area is 130 Å². The minimum Gasteiger partial charge on any atom is -0.497 e. The van der Waals surface area contributed by atoms with Crippen LogP contribution in [0.15, 0.2) is 24.3 Å². The molecule has 0 atom stereocenters. The molecule has 1 aromatic heterocycles. The van der Waals surface area contributed by atoms with Crippen LogP contribution in [0.1, 0.15) is 43.2 Å². The van der Waals surface area contributed by atoms with Crippen LogP contribution in [-0.2, 0) is 0 Å². The van der Waals surface area contributed by atoms with E-state index in [-0.39, 0.29) is 0 Å². The van der Waals surface area contributed by atoms with Crippen LogP contribution in [0.4, 0.5) is 5.95 Å². The molecule has 0 spiro atoms. The molecule has 6 nitrogen and oxygen atoms in total. The van der Waals surface area contributed by atoms with Crippen LogP contribution in [0, 0.1) is 0 Å². The minimum atomic E-state index is 0.529. The van der Waals surface area contributed by atoms with Gasteiger partial charge in [-0.25, -0.2) is 4.68 Å². The summed E-state index contributed by atoms with van der Waals surface area (Å²) in [4.78, 5) is 2.33. The molecule has 1 aliphatic heterocycles. The quantitative estimate of drug-likeness (QED) is 0.867. The first-order valence-electron chi connectivity index (χ1n) is 8.02. The third kappa shape index (κ3) is 2.53. The van der Waals surface area contributed by atoms with Crippen molar-refractivity contribution in [2.24, 2.45) is 0 Å². The number of piperidine rings is 1. The summed E-state index contributed by atoms with van der Waals surface area (Å²) in [7, 11) is 1.72. The number of nitrogens with zero attached hydrogens (tertiary/aromatic N) is 5. The van der Waals surface area contributed by atoms with Crippen molar-refractivity contribution in [1.29, 1.82) is 0 Å². The van der Waals surface area contributed by atoms with Gasteiger partial charge in [-0.2, -0.15) is 0 Å². The fourth-order valence-electron chi connectivity index (χ4n) is 3.26. The molecule has 2 heterocycles. The van der Waals surface area contributed by atoms with Gasteiger partial charge in [0.1, 0.15) is 5.75 Å².